The van der Waals surface area contributed by atoms with Crippen molar-refractivity contribution in [3.63, 3.8) is 0 Å². The molecule has 8 nitrogen and oxygen atoms in total. The molecule has 8 heteroatoms. The average Bonchev–Trinajstić information content (AvgIpc) is 3.39. The van der Waals surface area contributed by atoms with Crippen LogP contribution in [0.25, 0.3) is 0 Å². The van der Waals surface area contributed by atoms with Gasteiger partial charge in [0, 0.05) is 24.7 Å². The molecule has 2 atom stereocenters. The fourth-order valence-corrected chi connectivity index (χ4v) is 4.00. The zero-order valence-electron chi connectivity index (χ0n) is 19.0. The van der Waals surface area contributed by atoms with Crippen LogP contribution in [0, 0.1) is 12.8 Å². The summed E-state index contributed by atoms with van der Waals surface area (Å²) in [5.41, 5.74) is 2.55. The Balaban J connectivity index is 1.46. The minimum absolute atomic E-state index is 0.0134. The molecule has 33 heavy (non-hydrogen) atoms. The molecule has 2 amide bonds. The number of hydrogen-bond donors (Lipinski definition) is 1. The Kier molecular flexibility index (Phi) is 6.53. The third-order valence-corrected chi connectivity index (χ3v) is 5.70. The molecule has 1 N–H and O–H groups in total. The van der Waals surface area contributed by atoms with Crippen LogP contribution in [-0.4, -0.2) is 37.2 Å². The predicted molar refractivity (Wildman–Crippen MR) is 121 cm³/mol. The molecule has 174 valence electrons. The normalized spacial score (nSPS) is 17.9. The molecule has 2 heterocycles. The molecule has 2 aliphatic heterocycles. The smallest absolute Gasteiger partial charge is 0.308 e. The Labute approximate surface area is 192 Å². The van der Waals surface area contributed by atoms with Gasteiger partial charge in [0.2, 0.25) is 18.6 Å². The van der Waals surface area contributed by atoms with Gasteiger partial charge in [-0.2, -0.15) is 0 Å². The van der Waals surface area contributed by atoms with Gasteiger partial charge < -0.3 is 24.4 Å². The van der Waals surface area contributed by atoms with Crippen molar-refractivity contribution in [2.75, 3.05) is 18.2 Å². The van der Waals surface area contributed by atoms with Crippen molar-refractivity contribution in [3.8, 4) is 11.5 Å². The lowest BCUT2D eigenvalue weighted by Gasteiger charge is -2.22. The Morgan fingerprint density at radius 1 is 1.12 bits per heavy atom. The van der Waals surface area contributed by atoms with E-state index in [-0.39, 0.29) is 50.1 Å². The van der Waals surface area contributed by atoms with Gasteiger partial charge >= 0.3 is 5.97 Å². The van der Waals surface area contributed by atoms with E-state index in [2.05, 4.69) is 5.32 Å². The van der Waals surface area contributed by atoms with Crippen LogP contribution >= 0.6 is 0 Å². The van der Waals surface area contributed by atoms with Gasteiger partial charge in [-0.05, 0) is 38.5 Å². The summed E-state index contributed by atoms with van der Waals surface area (Å²) >= 11 is 0. The Morgan fingerprint density at radius 3 is 2.58 bits per heavy atom. The van der Waals surface area contributed by atoms with Crippen molar-refractivity contribution in [3.05, 3.63) is 53.6 Å². The Bertz CT molecular complexity index is 1050. The fraction of sp³-hybridized carbons (Fsp3) is 0.400. The maximum atomic E-state index is 13.1. The maximum absolute atomic E-state index is 13.1. The summed E-state index contributed by atoms with van der Waals surface area (Å²) in [5.74, 6) is -0.114. The molecule has 2 aromatic carbocycles. The molecule has 2 aliphatic rings. The van der Waals surface area contributed by atoms with Crippen molar-refractivity contribution in [2.24, 2.45) is 5.92 Å². The molecule has 1 fully saturated rings. The third kappa shape index (κ3) is 5.27. The molecule has 0 radical (unpaired) electrons. The number of fused-ring (bicyclic) bond motifs is 1. The number of aryl methyl sites for hydroxylation is 1. The summed E-state index contributed by atoms with van der Waals surface area (Å²) in [4.78, 5) is 39.7. The summed E-state index contributed by atoms with van der Waals surface area (Å²) in [6.45, 7) is 5.94. The number of rotatable bonds is 7. The molecule has 0 saturated carbocycles. The van der Waals surface area contributed by atoms with E-state index in [1.165, 1.54) is 0 Å². The van der Waals surface area contributed by atoms with Crippen LogP contribution in [-0.2, 0) is 19.1 Å². The second-order valence-electron chi connectivity index (χ2n) is 8.66. The number of ether oxygens (including phenoxy) is 3. The van der Waals surface area contributed by atoms with Gasteiger partial charge in [0.05, 0.1) is 24.5 Å². The van der Waals surface area contributed by atoms with Crippen LogP contribution in [0.15, 0.2) is 42.5 Å². The van der Waals surface area contributed by atoms with E-state index in [1.807, 2.05) is 31.2 Å². The van der Waals surface area contributed by atoms with E-state index < -0.39 is 12.0 Å². The highest BCUT2D eigenvalue weighted by molar-refractivity contribution is 6.00. The molecular formula is C25H28N2O6. The molecule has 2 unspecified atom stereocenters. The second-order valence-corrected chi connectivity index (χ2v) is 8.66. The summed E-state index contributed by atoms with van der Waals surface area (Å²) in [6, 6.07) is 12.4. The lowest BCUT2D eigenvalue weighted by molar-refractivity contribution is -0.148. The van der Waals surface area contributed by atoms with Crippen LogP contribution in [0.1, 0.15) is 43.9 Å². The zero-order valence-corrected chi connectivity index (χ0v) is 19.0. The number of hydrogen-bond acceptors (Lipinski definition) is 6. The number of amides is 2. The first-order chi connectivity index (χ1) is 15.8. The third-order valence-electron chi connectivity index (χ3n) is 5.70. The lowest BCUT2D eigenvalue weighted by Crippen LogP contribution is -2.36. The van der Waals surface area contributed by atoms with Crippen LogP contribution in [0.4, 0.5) is 5.69 Å². The van der Waals surface area contributed by atoms with Gasteiger partial charge in [-0.25, -0.2) is 0 Å². The van der Waals surface area contributed by atoms with Crippen LogP contribution < -0.4 is 19.7 Å². The standard InChI is InChI=1S/C25H28N2O6/c1-15(2)33-24(29)12-20(17-6-4-16(3)5-7-17)26-25(30)18-10-23(28)27(13-18)19-8-9-21-22(11-19)32-14-31-21/h4-9,11,15,18,20H,10,12-14H2,1-3H3,(H,26,30). The minimum atomic E-state index is -0.543. The van der Waals surface area contributed by atoms with E-state index in [4.69, 9.17) is 14.2 Å². The predicted octanol–water partition coefficient (Wildman–Crippen LogP) is 3.28. The Hall–Kier alpha value is -3.55. The minimum Gasteiger partial charge on any atom is -0.463 e. The topological polar surface area (TPSA) is 94.2 Å². The summed E-state index contributed by atoms with van der Waals surface area (Å²) in [5, 5.41) is 2.97. The number of carbonyl (C=O) groups excluding carboxylic acids is 3. The SMILES string of the molecule is Cc1ccc(C(CC(=O)OC(C)C)NC(=O)C2CC(=O)N(c3ccc4c(c3)OCO4)C2)cc1. The van der Waals surface area contributed by atoms with Crippen molar-refractivity contribution in [2.45, 2.75) is 45.8 Å². The van der Waals surface area contributed by atoms with Crippen molar-refractivity contribution in [1.29, 1.82) is 0 Å². The van der Waals surface area contributed by atoms with E-state index >= 15 is 0 Å². The number of esters is 1. The van der Waals surface area contributed by atoms with E-state index in [0.717, 1.165) is 11.1 Å². The highest BCUT2D eigenvalue weighted by Gasteiger charge is 2.36. The van der Waals surface area contributed by atoms with Crippen molar-refractivity contribution < 1.29 is 28.6 Å². The van der Waals surface area contributed by atoms with Gasteiger partial charge in [-0.1, -0.05) is 29.8 Å². The monoisotopic (exact) mass is 452 g/mol. The van der Waals surface area contributed by atoms with E-state index in [0.29, 0.717) is 17.2 Å². The Morgan fingerprint density at radius 2 is 1.85 bits per heavy atom. The maximum Gasteiger partial charge on any atom is 0.308 e. The van der Waals surface area contributed by atoms with Gasteiger partial charge in [-0.15, -0.1) is 0 Å². The first-order valence-corrected chi connectivity index (χ1v) is 11.1. The summed E-state index contributed by atoms with van der Waals surface area (Å²) in [6.07, 6.45) is -0.133. The average molecular weight is 453 g/mol. The molecule has 4 rings (SSSR count). The molecule has 0 aromatic heterocycles. The highest BCUT2D eigenvalue weighted by Crippen LogP contribution is 2.37. The highest BCUT2D eigenvalue weighted by atomic mass is 16.7. The largest absolute Gasteiger partial charge is 0.463 e. The first-order valence-electron chi connectivity index (χ1n) is 11.1. The number of benzene rings is 2. The number of nitrogens with one attached hydrogen (secondary N) is 1. The molecule has 2 aromatic rings. The summed E-state index contributed by atoms with van der Waals surface area (Å²) < 4.78 is 16.0. The van der Waals surface area contributed by atoms with Crippen LogP contribution in [0.3, 0.4) is 0 Å². The first kappa shape index (κ1) is 22.6. The molecule has 0 aliphatic carbocycles. The fourth-order valence-electron chi connectivity index (χ4n) is 4.00. The van der Waals surface area contributed by atoms with Crippen LogP contribution in [0.2, 0.25) is 0 Å². The number of nitrogens with zero attached hydrogens (tertiary/aromatic N) is 1. The van der Waals surface area contributed by atoms with Gasteiger partial charge in [0.1, 0.15) is 0 Å². The van der Waals surface area contributed by atoms with Crippen molar-refractivity contribution >= 4 is 23.5 Å². The number of anilines is 1. The van der Waals surface area contributed by atoms with Gasteiger partial charge in [-0.3, -0.25) is 14.4 Å². The number of carbonyl (C=O) groups is 3. The van der Waals surface area contributed by atoms with E-state index in [1.54, 1.807) is 36.9 Å². The molecule has 1 saturated heterocycles. The second kappa shape index (κ2) is 9.52. The quantitative estimate of drug-likeness (QED) is 0.648. The van der Waals surface area contributed by atoms with Crippen molar-refractivity contribution in [1.82, 2.24) is 5.32 Å². The zero-order chi connectivity index (χ0) is 23.5. The molecular weight excluding hydrogens is 424 g/mol. The molecule has 0 spiro atoms. The molecule has 0 bridgehead atoms. The van der Waals surface area contributed by atoms with Gasteiger partial charge in [0.25, 0.3) is 0 Å². The lowest BCUT2D eigenvalue weighted by atomic mass is 10.0. The van der Waals surface area contributed by atoms with E-state index in [9.17, 15) is 14.4 Å². The summed E-state index contributed by atoms with van der Waals surface area (Å²) in [7, 11) is 0. The van der Waals surface area contributed by atoms with Gasteiger partial charge in [0.15, 0.2) is 11.5 Å². The van der Waals surface area contributed by atoms with Crippen LogP contribution in [0.5, 0.6) is 11.5 Å².